The highest BCUT2D eigenvalue weighted by atomic mass is 32.2. The van der Waals surface area contributed by atoms with Gasteiger partial charge in [0.05, 0.1) is 0 Å². The maximum atomic E-state index is 3.66. The summed E-state index contributed by atoms with van der Waals surface area (Å²) in [5.74, 6) is 3.71. The summed E-state index contributed by atoms with van der Waals surface area (Å²) in [6, 6.07) is 0. The van der Waals surface area contributed by atoms with Crippen molar-refractivity contribution < 1.29 is 0 Å². The Morgan fingerprint density at radius 3 is 2.71 bits per heavy atom. The van der Waals surface area contributed by atoms with Gasteiger partial charge in [0.1, 0.15) is 0 Å². The summed E-state index contributed by atoms with van der Waals surface area (Å²) >= 11 is 2.06. The summed E-state index contributed by atoms with van der Waals surface area (Å²) in [5.41, 5.74) is 0.790. The van der Waals surface area contributed by atoms with Gasteiger partial charge in [0.2, 0.25) is 0 Å². The van der Waals surface area contributed by atoms with E-state index in [1.54, 1.807) is 0 Å². The molecular weight excluding hydrogens is 190 g/mol. The SMILES string of the molecule is CCSCCCNCC1(C2CC2)CC1. The molecule has 82 valence electrons. The van der Waals surface area contributed by atoms with Crippen LogP contribution in [-0.4, -0.2) is 24.6 Å². The molecule has 14 heavy (non-hydrogen) atoms. The zero-order chi connectivity index (χ0) is 9.86. The van der Waals surface area contributed by atoms with E-state index in [1.807, 2.05) is 0 Å². The molecule has 0 aromatic heterocycles. The Bertz CT molecular complexity index is 173. The second-order valence-corrected chi connectivity index (χ2v) is 6.26. The number of hydrogen-bond acceptors (Lipinski definition) is 2. The van der Waals surface area contributed by atoms with Crippen LogP contribution in [0.4, 0.5) is 0 Å². The van der Waals surface area contributed by atoms with Gasteiger partial charge in [-0.3, -0.25) is 0 Å². The van der Waals surface area contributed by atoms with Crippen LogP contribution in [0.3, 0.4) is 0 Å². The highest BCUT2D eigenvalue weighted by molar-refractivity contribution is 7.99. The Hall–Kier alpha value is 0.310. The first-order chi connectivity index (χ1) is 6.87. The average Bonchev–Trinajstić information content (AvgIpc) is 3.03. The van der Waals surface area contributed by atoms with E-state index in [9.17, 15) is 0 Å². The maximum Gasteiger partial charge on any atom is 0.00105 e. The molecule has 0 aromatic rings. The van der Waals surface area contributed by atoms with E-state index < -0.39 is 0 Å². The third-order valence-corrected chi connectivity index (χ3v) is 4.64. The van der Waals surface area contributed by atoms with Crippen molar-refractivity contribution in [2.45, 2.75) is 39.0 Å². The lowest BCUT2D eigenvalue weighted by Gasteiger charge is -2.14. The molecule has 0 saturated heterocycles. The van der Waals surface area contributed by atoms with Crippen molar-refractivity contribution in [2.24, 2.45) is 11.3 Å². The number of thioether (sulfide) groups is 1. The molecule has 0 bridgehead atoms. The molecular formula is C12H23NS. The molecule has 2 rings (SSSR count). The van der Waals surface area contributed by atoms with E-state index >= 15 is 0 Å². The number of hydrogen-bond donors (Lipinski definition) is 1. The molecule has 0 unspecified atom stereocenters. The van der Waals surface area contributed by atoms with Crippen molar-refractivity contribution in [1.82, 2.24) is 5.32 Å². The predicted molar refractivity (Wildman–Crippen MR) is 64.9 cm³/mol. The van der Waals surface area contributed by atoms with Gasteiger partial charge in [-0.25, -0.2) is 0 Å². The fourth-order valence-corrected chi connectivity index (χ4v) is 3.00. The molecule has 0 amide bonds. The van der Waals surface area contributed by atoms with Crippen molar-refractivity contribution >= 4 is 11.8 Å². The maximum absolute atomic E-state index is 3.66. The van der Waals surface area contributed by atoms with Gasteiger partial charge in [0.15, 0.2) is 0 Å². The zero-order valence-corrected chi connectivity index (χ0v) is 10.2. The Morgan fingerprint density at radius 2 is 2.14 bits per heavy atom. The first-order valence-corrected chi connectivity index (χ1v) is 7.31. The van der Waals surface area contributed by atoms with E-state index in [2.05, 4.69) is 24.0 Å². The monoisotopic (exact) mass is 213 g/mol. The normalized spacial score (nSPS) is 23.8. The average molecular weight is 213 g/mol. The minimum absolute atomic E-state index is 0.790. The van der Waals surface area contributed by atoms with Crippen molar-refractivity contribution in [1.29, 1.82) is 0 Å². The van der Waals surface area contributed by atoms with Gasteiger partial charge in [-0.15, -0.1) is 0 Å². The number of nitrogens with one attached hydrogen (secondary N) is 1. The summed E-state index contributed by atoms with van der Waals surface area (Å²) < 4.78 is 0. The van der Waals surface area contributed by atoms with E-state index in [1.165, 1.54) is 56.7 Å². The molecule has 0 radical (unpaired) electrons. The lowest BCUT2D eigenvalue weighted by atomic mass is 10.0. The molecule has 0 aliphatic heterocycles. The fraction of sp³-hybridized carbons (Fsp3) is 1.00. The van der Waals surface area contributed by atoms with E-state index in [4.69, 9.17) is 0 Å². The molecule has 0 atom stereocenters. The standard InChI is InChI=1S/C12H23NS/c1-2-14-9-3-8-13-10-12(6-7-12)11-4-5-11/h11,13H,2-10H2,1H3. The van der Waals surface area contributed by atoms with Crippen LogP contribution < -0.4 is 5.32 Å². The predicted octanol–water partition coefficient (Wildman–Crippen LogP) is 2.91. The Labute approximate surface area is 92.4 Å². The van der Waals surface area contributed by atoms with Crippen LogP contribution in [0.15, 0.2) is 0 Å². The van der Waals surface area contributed by atoms with Crippen molar-refractivity contribution in [2.75, 3.05) is 24.6 Å². The van der Waals surface area contributed by atoms with Gasteiger partial charge >= 0.3 is 0 Å². The molecule has 0 heterocycles. The molecule has 0 spiro atoms. The first-order valence-electron chi connectivity index (χ1n) is 6.16. The highest BCUT2D eigenvalue weighted by Gasteiger charge is 2.52. The largest absolute Gasteiger partial charge is 0.316 e. The summed E-state index contributed by atoms with van der Waals surface area (Å²) in [4.78, 5) is 0. The van der Waals surface area contributed by atoms with Gasteiger partial charge < -0.3 is 5.32 Å². The molecule has 1 nitrogen and oxygen atoms in total. The van der Waals surface area contributed by atoms with Gasteiger partial charge in [-0.2, -0.15) is 11.8 Å². The zero-order valence-electron chi connectivity index (χ0n) is 9.35. The van der Waals surface area contributed by atoms with E-state index in [0.29, 0.717) is 0 Å². The second-order valence-electron chi connectivity index (χ2n) is 4.86. The van der Waals surface area contributed by atoms with Crippen LogP contribution >= 0.6 is 11.8 Å². The van der Waals surface area contributed by atoms with Gasteiger partial charge in [-0.1, -0.05) is 6.92 Å². The topological polar surface area (TPSA) is 12.0 Å². The first kappa shape index (κ1) is 10.8. The van der Waals surface area contributed by atoms with Crippen LogP contribution in [0.2, 0.25) is 0 Å². The minimum atomic E-state index is 0.790. The summed E-state index contributed by atoms with van der Waals surface area (Å²) in [7, 11) is 0. The minimum Gasteiger partial charge on any atom is -0.316 e. The molecule has 2 fully saturated rings. The van der Waals surface area contributed by atoms with Crippen LogP contribution in [0.25, 0.3) is 0 Å². The van der Waals surface area contributed by atoms with Gasteiger partial charge in [-0.05, 0) is 61.5 Å². The van der Waals surface area contributed by atoms with Crippen LogP contribution in [0.1, 0.15) is 39.0 Å². The molecule has 2 saturated carbocycles. The van der Waals surface area contributed by atoms with Crippen LogP contribution in [0, 0.1) is 11.3 Å². The summed E-state index contributed by atoms with van der Waals surface area (Å²) in [6.07, 6.45) is 7.41. The Morgan fingerprint density at radius 1 is 1.36 bits per heavy atom. The smallest absolute Gasteiger partial charge is 0.00105 e. The summed E-state index contributed by atoms with van der Waals surface area (Å²) in [5, 5.41) is 3.66. The van der Waals surface area contributed by atoms with Crippen molar-refractivity contribution in [3.8, 4) is 0 Å². The molecule has 1 N–H and O–H groups in total. The van der Waals surface area contributed by atoms with E-state index in [0.717, 1.165) is 11.3 Å². The molecule has 2 heteroatoms. The summed E-state index contributed by atoms with van der Waals surface area (Å²) in [6.45, 7) is 4.79. The van der Waals surface area contributed by atoms with Gasteiger partial charge in [0.25, 0.3) is 0 Å². The fourth-order valence-electron chi connectivity index (χ4n) is 2.37. The highest BCUT2D eigenvalue weighted by Crippen LogP contribution is 2.60. The lowest BCUT2D eigenvalue weighted by molar-refractivity contribution is 0.405. The third-order valence-electron chi connectivity index (χ3n) is 3.66. The van der Waals surface area contributed by atoms with Crippen LogP contribution in [-0.2, 0) is 0 Å². The van der Waals surface area contributed by atoms with E-state index in [-0.39, 0.29) is 0 Å². The van der Waals surface area contributed by atoms with Gasteiger partial charge in [0, 0.05) is 6.54 Å². The lowest BCUT2D eigenvalue weighted by Crippen LogP contribution is -2.26. The molecule has 2 aliphatic carbocycles. The quantitative estimate of drug-likeness (QED) is 0.622. The number of rotatable bonds is 8. The molecule has 2 aliphatic rings. The Kier molecular flexibility index (Phi) is 3.78. The Balaban J connectivity index is 1.47. The van der Waals surface area contributed by atoms with Crippen molar-refractivity contribution in [3.05, 3.63) is 0 Å². The molecule has 0 aromatic carbocycles. The third kappa shape index (κ3) is 2.90. The van der Waals surface area contributed by atoms with Crippen LogP contribution in [0.5, 0.6) is 0 Å². The second kappa shape index (κ2) is 4.89. The van der Waals surface area contributed by atoms with Crippen molar-refractivity contribution in [3.63, 3.8) is 0 Å².